The summed E-state index contributed by atoms with van der Waals surface area (Å²) in [6, 6.07) is 13.9. The van der Waals surface area contributed by atoms with Crippen molar-refractivity contribution in [1.82, 2.24) is 4.31 Å². The minimum atomic E-state index is -5.50. The van der Waals surface area contributed by atoms with Crippen molar-refractivity contribution in [3.05, 3.63) is 76.7 Å². The number of nitrogens with two attached hydrogens (primary N) is 1. The number of alkyl halides is 3. The third-order valence-electron chi connectivity index (χ3n) is 5.85. The summed E-state index contributed by atoms with van der Waals surface area (Å²) in [6.07, 6.45) is 0.709. The number of nitrogens with zero attached hydrogens (tertiary/aromatic N) is 1. The fourth-order valence-corrected chi connectivity index (χ4v) is 7.85. The average Bonchev–Trinajstić information content (AvgIpc) is 3.49. The number of benzene rings is 2. The summed E-state index contributed by atoms with van der Waals surface area (Å²) >= 11 is 1.08. The molecule has 1 aliphatic heterocycles. The predicted molar refractivity (Wildman–Crippen MR) is 133 cm³/mol. The highest BCUT2D eigenvalue weighted by atomic mass is 32.2. The molecule has 1 aromatic heterocycles. The highest BCUT2D eigenvalue weighted by molar-refractivity contribution is 7.92. The van der Waals surface area contributed by atoms with Crippen LogP contribution in [0.5, 0.6) is 0 Å². The van der Waals surface area contributed by atoms with Crippen LogP contribution < -0.4 is 11.1 Å². The highest BCUT2D eigenvalue weighted by Crippen LogP contribution is 2.33. The number of sulfone groups is 1. The number of carbonyl (C=O) groups is 1. The van der Waals surface area contributed by atoms with Gasteiger partial charge < -0.3 is 11.1 Å². The van der Waals surface area contributed by atoms with Gasteiger partial charge in [-0.1, -0.05) is 24.3 Å². The first-order valence-electron chi connectivity index (χ1n) is 10.9. The molecule has 1 fully saturated rings. The molecule has 1 atom stereocenters. The molecule has 0 spiro atoms. The van der Waals surface area contributed by atoms with Gasteiger partial charge in [-0.3, -0.25) is 4.79 Å². The van der Waals surface area contributed by atoms with E-state index in [9.17, 15) is 34.8 Å². The van der Waals surface area contributed by atoms with Crippen LogP contribution in [0.25, 0.3) is 0 Å². The first kappa shape index (κ1) is 27.1. The zero-order valence-corrected chi connectivity index (χ0v) is 21.6. The van der Waals surface area contributed by atoms with Gasteiger partial charge in [0.25, 0.3) is 19.9 Å². The van der Waals surface area contributed by atoms with Gasteiger partial charge in [-0.05, 0) is 48.4 Å². The van der Waals surface area contributed by atoms with Crippen molar-refractivity contribution in [1.29, 1.82) is 0 Å². The quantitative estimate of drug-likeness (QED) is 0.424. The van der Waals surface area contributed by atoms with Crippen molar-refractivity contribution in [3.8, 4) is 0 Å². The van der Waals surface area contributed by atoms with Gasteiger partial charge in [0, 0.05) is 41.7 Å². The molecule has 2 heterocycles. The molecule has 1 unspecified atom stereocenters. The first-order valence-corrected chi connectivity index (χ1v) is 14.7. The Morgan fingerprint density at radius 2 is 1.78 bits per heavy atom. The van der Waals surface area contributed by atoms with E-state index in [4.69, 9.17) is 5.73 Å². The van der Waals surface area contributed by atoms with Gasteiger partial charge in [-0.2, -0.15) is 17.5 Å². The molecule has 0 radical (unpaired) electrons. The maximum absolute atomic E-state index is 13.2. The highest BCUT2D eigenvalue weighted by Gasteiger charge is 2.47. The van der Waals surface area contributed by atoms with Gasteiger partial charge in [0.05, 0.1) is 4.90 Å². The van der Waals surface area contributed by atoms with E-state index in [1.165, 1.54) is 22.5 Å². The SMILES string of the molecule is NC(=O)c1ccccc1Cc1ccc(S(=O)(=O)N2CCC(Nc3cccc(S(=O)(=O)C(F)(F)F)c3)C2)s1. The largest absolute Gasteiger partial charge is 0.501 e. The Balaban J connectivity index is 1.45. The summed E-state index contributed by atoms with van der Waals surface area (Å²) in [5.41, 5.74) is 1.18. The lowest BCUT2D eigenvalue weighted by molar-refractivity contribution is -0.0436. The van der Waals surface area contributed by atoms with Gasteiger partial charge >= 0.3 is 5.51 Å². The Bertz CT molecular complexity index is 1540. The Kier molecular flexibility index (Phi) is 7.38. The summed E-state index contributed by atoms with van der Waals surface area (Å²) in [6.45, 7) is 0.231. The summed E-state index contributed by atoms with van der Waals surface area (Å²) in [5.74, 6) is -0.572. The lowest BCUT2D eigenvalue weighted by atomic mass is 10.0. The van der Waals surface area contributed by atoms with Crippen molar-refractivity contribution in [2.24, 2.45) is 5.73 Å². The summed E-state index contributed by atoms with van der Waals surface area (Å²) < 4.78 is 89.8. The molecule has 3 aromatic rings. The number of halogens is 3. The Morgan fingerprint density at radius 1 is 1.05 bits per heavy atom. The first-order chi connectivity index (χ1) is 17.3. The fourth-order valence-electron chi connectivity index (χ4n) is 4.01. The van der Waals surface area contributed by atoms with Gasteiger partial charge in [0.15, 0.2) is 0 Å². The van der Waals surface area contributed by atoms with Crippen LogP contribution in [0.2, 0.25) is 0 Å². The monoisotopic (exact) mass is 573 g/mol. The van der Waals surface area contributed by atoms with Gasteiger partial charge in [-0.25, -0.2) is 16.8 Å². The minimum Gasteiger partial charge on any atom is -0.381 e. The molecule has 1 aliphatic rings. The van der Waals surface area contributed by atoms with Crippen LogP contribution in [-0.2, 0) is 26.3 Å². The average molecular weight is 574 g/mol. The molecule has 3 N–H and O–H groups in total. The number of thiophene rings is 1. The molecule has 0 saturated carbocycles. The van der Waals surface area contributed by atoms with Crippen LogP contribution in [0.4, 0.5) is 18.9 Å². The van der Waals surface area contributed by atoms with Crippen molar-refractivity contribution in [3.63, 3.8) is 0 Å². The third-order valence-corrected chi connectivity index (χ3v) is 10.8. The van der Waals surface area contributed by atoms with E-state index < -0.39 is 42.2 Å². The lowest BCUT2D eigenvalue weighted by Gasteiger charge is -2.17. The van der Waals surface area contributed by atoms with Crippen LogP contribution in [-0.4, -0.2) is 51.7 Å². The topological polar surface area (TPSA) is 127 Å². The number of amides is 1. The predicted octanol–water partition coefficient (Wildman–Crippen LogP) is 3.61. The number of hydrogen-bond acceptors (Lipinski definition) is 7. The number of nitrogens with one attached hydrogen (secondary N) is 1. The molecule has 0 bridgehead atoms. The Morgan fingerprint density at radius 3 is 2.49 bits per heavy atom. The number of anilines is 1. The third kappa shape index (κ3) is 5.66. The molecular formula is C23H22F3N3O5S3. The smallest absolute Gasteiger partial charge is 0.381 e. The number of carbonyl (C=O) groups excluding carboxylic acids is 1. The molecule has 0 aliphatic carbocycles. The van der Waals surface area contributed by atoms with Gasteiger partial charge in [0.2, 0.25) is 5.91 Å². The number of primary amides is 1. The Labute approximate surface area is 215 Å². The Hall–Kier alpha value is -2.94. The second-order valence-electron chi connectivity index (χ2n) is 8.39. The van der Waals surface area contributed by atoms with Crippen molar-refractivity contribution >= 4 is 42.8 Å². The molecule has 1 amide bonds. The number of rotatable bonds is 8. The zero-order chi connectivity index (χ0) is 27.0. The van der Waals surface area contributed by atoms with Gasteiger partial charge in [-0.15, -0.1) is 11.3 Å². The molecular weight excluding hydrogens is 551 g/mol. The van der Waals surface area contributed by atoms with E-state index in [0.717, 1.165) is 28.3 Å². The molecule has 37 heavy (non-hydrogen) atoms. The van der Waals surface area contributed by atoms with Gasteiger partial charge in [0.1, 0.15) is 4.21 Å². The van der Waals surface area contributed by atoms with Crippen LogP contribution in [0.1, 0.15) is 27.2 Å². The minimum absolute atomic E-state index is 0.0519. The molecule has 2 aromatic carbocycles. The van der Waals surface area contributed by atoms with E-state index in [1.54, 1.807) is 30.3 Å². The second-order valence-corrected chi connectivity index (χ2v) is 13.7. The maximum atomic E-state index is 13.2. The van der Waals surface area contributed by atoms with Crippen LogP contribution in [0, 0.1) is 0 Å². The van der Waals surface area contributed by atoms with E-state index in [0.29, 0.717) is 24.0 Å². The van der Waals surface area contributed by atoms with Crippen LogP contribution >= 0.6 is 11.3 Å². The number of sulfonamides is 1. The maximum Gasteiger partial charge on any atom is 0.501 e. The molecule has 4 rings (SSSR count). The second kappa shape index (κ2) is 10.1. The zero-order valence-electron chi connectivity index (χ0n) is 19.1. The normalized spacial score (nSPS) is 17.1. The van der Waals surface area contributed by atoms with Crippen molar-refractivity contribution in [2.75, 3.05) is 18.4 Å². The molecule has 1 saturated heterocycles. The molecule has 14 heteroatoms. The van der Waals surface area contributed by atoms with E-state index >= 15 is 0 Å². The summed E-state index contributed by atoms with van der Waals surface area (Å²) in [4.78, 5) is 11.5. The van der Waals surface area contributed by atoms with Crippen LogP contribution in [0.15, 0.2) is 69.8 Å². The molecule has 8 nitrogen and oxygen atoms in total. The summed E-state index contributed by atoms with van der Waals surface area (Å²) in [5, 5.41) is 2.93. The van der Waals surface area contributed by atoms with Crippen LogP contribution in [0.3, 0.4) is 0 Å². The van der Waals surface area contributed by atoms with E-state index in [1.807, 2.05) is 0 Å². The molecule has 198 valence electrons. The van der Waals surface area contributed by atoms with Crippen molar-refractivity contribution < 1.29 is 34.8 Å². The standard InChI is InChI=1S/C23H22F3N3O5S3/c24-23(25,26)36(31,32)19-6-3-5-16(13-19)28-17-10-11-29(14-17)37(33,34)21-9-8-18(35-21)12-15-4-1-2-7-20(15)22(27)30/h1-9,13,17,28H,10-12,14H2,(H2,27,30). The lowest BCUT2D eigenvalue weighted by Crippen LogP contribution is -2.31. The van der Waals surface area contributed by atoms with E-state index in [2.05, 4.69) is 5.32 Å². The van der Waals surface area contributed by atoms with E-state index in [-0.39, 0.29) is 23.0 Å². The fraction of sp³-hybridized carbons (Fsp3) is 0.261. The van der Waals surface area contributed by atoms with Crippen molar-refractivity contribution in [2.45, 2.75) is 33.5 Å². The summed E-state index contributed by atoms with van der Waals surface area (Å²) in [7, 11) is -9.34. The number of hydrogen-bond donors (Lipinski definition) is 2.